The lowest BCUT2D eigenvalue weighted by molar-refractivity contribution is -0.660. The molecular formula is C27H30N+. The summed E-state index contributed by atoms with van der Waals surface area (Å²) in [7, 11) is 1.83. The van der Waals surface area contributed by atoms with Gasteiger partial charge in [-0.25, -0.2) is 4.57 Å². The highest BCUT2D eigenvalue weighted by atomic mass is 14.9. The molecule has 0 unspecified atom stereocenters. The van der Waals surface area contributed by atoms with Gasteiger partial charge in [-0.15, -0.1) is 0 Å². The number of aryl methyl sites for hydroxylation is 3. The van der Waals surface area contributed by atoms with Crippen LogP contribution in [-0.2, 0) is 19.8 Å². The molecule has 0 amide bonds. The average molecular weight is 376 g/mol. The lowest BCUT2D eigenvalue weighted by Gasteiger charge is -2.21. The lowest BCUT2D eigenvalue weighted by Crippen LogP contribution is -2.31. The molecule has 0 atom stereocenters. The van der Waals surface area contributed by atoms with E-state index < -0.39 is 25.0 Å². The van der Waals surface area contributed by atoms with E-state index in [1.807, 2.05) is 48.9 Å². The molecule has 2 aliphatic carbocycles. The standard InChI is InChI=1S/C27H30N/c1-19-8-4-5-9-24(19)26-15-25(20(2)18-28(26)3)21-10-11-22-16-27(12-6-7-13-27)17-23(22)14-21/h4-5,8-11,14-15,18H,6-7,12-13,16-17H2,1-3H3/q+1/i2D3,16D2,17D2. The number of benzene rings is 2. The zero-order valence-electron chi connectivity index (χ0n) is 23.5. The number of hydrogen-bond acceptors (Lipinski definition) is 0. The first-order chi connectivity index (χ1) is 16.3. The molecule has 0 N–H and O–H groups in total. The maximum atomic E-state index is 9.06. The van der Waals surface area contributed by atoms with Gasteiger partial charge in [0, 0.05) is 26.8 Å². The zero-order chi connectivity index (χ0) is 25.4. The first kappa shape index (κ1) is 11.6. The molecule has 1 saturated carbocycles. The van der Waals surface area contributed by atoms with Gasteiger partial charge in [0.2, 0.25) is 5.69 Å². The summed E-state index contributed by atoms with van der Waals surface area (Å²) < 4.78 is 62.3. The minimum absolute atomic E-state index is 0.189. The molecule has 1 heteroatoms. The van der Waals surface area contributed by atoms with E-state index in [0.717, 1.165) is 29.7 Å². The van der Waals surface area contributed by atoms with E-state index in [0.29, 0.717) is 35.1 Å². The summed E-state index contributed by atoms with van der Waals surface area (Å²) >= 11 is 0. The Bertz CT molecular complexity index is 1320. The maximum absolute atomic E-state index is 9.06. The molecule has 2 aromatic carbocycles. The molecule has 3 aromatic rings. The van der Waals surface area contributed by atoms with Crippen LogP contribution in [0, 0.1) is 19.2 Å². The van der Waals surface area contributed by atoms with E-state index in [-0.39, 0.29) is 5.56 Å². The quantitative estimate of drug-likeness (QED) is 0.475. The summed E-state index contributed by atoms with van der Waals surface area (Å²) in [5.41, 5.74) is 3.89. The highest BCUT2D eigenvalue weighted by Crippen LogP contribution is 2.49. The van der Waals surface area contributed by atoms with Crippen LogP contribution in [0.1, 0.15) is 57.5 Å². The molecule has 142 valence electrons. The van der Waals surface area contributed by atoms with Gasteiger partial charge in [0.05, 0.1) is 0 Å². The Balaban J connectivity index is 1.75. The molecule has 0 saturated heterocycles. The van der Waals surface area contributed by atoms with Crippen molar-refractivity contribution in [1.82, 2.24) is 0 Å². The van der Waals surface area contributed by atoms with Crippen molar-refractivity contribution >= 4 is 0 Å². The zero-order valence-corrected chi connectivity index (χ0v) is 16.5. The summed E-state index contributed by atoms with van der Waals surface area (Å²) in [6.45, 7) is -0.351. The second kappa shape index (κ2) is 6.58. The average Bonchev–Trinajstić information content (AvgIpc) is 3.34. The molecule has 0 bridgehead atoms. The summed E-state index contributed by atoms with van der Waals surface area (Å²) in [6.07, 6.45) is 0.687. The number of pyridine rings is 1. The van der Waals surface area contributed by atoms with Gasteiger partial charge in [0.15, 0.2) is 6.20 Å². The van der Waals surface area contributed by atoms with Crippen LogP contribution >= 0.6 is 0 Å². The van der Waals surface area contributed by atoms with Gasteiger partial charge >= 0.3 is 0 Å². The first-order valence-electron chi connectivity index (χ1n) is 13.6. The van der Waals surface area contributed by atoms with Crippen molar-refractivity contribution < 1.29 is 14.2 Å². The van der Waals surface area contributed by atoms with Crippen LogP contribution in [0.15, 0.2) is 54.7 Å². The highest BCUT2D eigenvalue weighted by Gasteiger charge is 2.39. The Morgan fingerprint density at radius 2 is 1.71 bits per heavy atom. The Morgan fingerprint density at radius 3 is 2.50 bits per heavy atom. The van der Waals surface area contributed by atoms with E-state index >= 15 is 0 Å². The predicted molar refractivity (Wildman–Crippen MR) is 116 cm³/mol. The molecule has 1 spiro atoms. The van der Waals surface area contributed by atoms with Crippen molar-refractivity contribution in [2.45, 2.75) is 52.2 Å². The fourth-order valence-corrected chi connectivity index (χ4v) is 4.72. The van der Waals surface area contributed by atoms with Crippen molar-refractivity contribution in [3.8, 4) is 22.4 Å². The largest absolute Gasteiger partial charge is 0.213 e. The topological polar surface area (TPSA) is 3.88 Å². The van der Waals surface area contributed by atoms with Crippen molar-refractivity contribution in [1.29, 1.82) is 0 Å². The van der Waals surface area contributed by atoms with Gasteiger partial charge in [-0.3, -0.25) is 0 Å². The van der Waals surface area contributed by atoms with Crippen LogP contribution in [0.4, 0.5) is 0 Å². The third-order valence-corrected chi connectivity index (χ3v) is 6.23. The van der Waals surface area contributed by atoms with Crippen LogP contribution in [-0.4, -0.2) is 0 Å². The lowest BCUT2D eigenvalue weighted by atomic mass is 9.83. The molecule has 5 rings (SSSR count). The summed E-state index contributed by atoms with van der Waals surface area (Å²) in [5, 5.41) is 0. The molecule has 1 heterocycles. The summed E-state index contributed by atoms with van der Waals surface area (Å²) in [4.78, 5) is 0. The van der Waals surface area contributed by atoms with E-state index in [2.05, 4.69) is 0 Å². The smallest absolute Gasteiger partial charge is 0.201 e. The Morgan fingerprint density at radius 1 is 0.929 bits per heavy atom. The van der Waals surface area contributed by atoms with Crippen molar-refractivity contribution in [3.05, 3.63) is 77.0 Å². The Hall–Kier alpha value is -2.41. The van der Waals surface area contributed by atoms with Crippen LogP contribution in [0.3, 0.4) is 0 Å². The molecule has 2 aliphatic rings. The minimum atomic E-state index is -2.36. The second-order valence-electron chi connectivity index (χ2n) is 8.21. The SMILES string of the molecule is [2H]C([2H])([2H])c1c[n+](C)c(-c2ccccc2C)cc1-c1ccc2c(c1)C([2H])([2H])C1(CCCC1)C2([2H])[2H]. The van der Waals surface area contributed by atoms with Gasteiger partial charge in [0.25, 0.3) is 0 Å². The highest BCUT2D eigenvalue weighted by molar-refractivity contribution is 5.73. The Labute approximate surface area is 178 Å². The minimum Gasteiger partial charge on any atom is -0.201 e. The van der Waals surface area contributed by atoms with Gasteiger partial charge in [0.1, 0.15) is 7.05 Å². The molecule has 0 aliphatic heterocycles. The van der Waals surface area contributed by atoms with E-state index in [1.165, 1.54) is 0 Å². The second-order valence-corrected chi connectivity index (χ2v) is 8.21. The molecular weight excluding hydrogens is 338 g/mol. The van der Waals surface area contributed by atoms with Crippen LogP contribution < -0.4 is 4.57 Å². The summed E-state index contributed by atoms with van der Waals surface area (Å²) in [6, 6.07) is 14.9. The van der Waals surface area contributed by atoms with Crippen molar-refractivity contribution in [2.24, 2.45) is 12.5 Å². The molecule has 1 fully saturated rings. The molecule has 1 nitrogen and oxygen atoms in total. The third-order valence-electron chi connectivity index (χ3n) is 6.23. The number of nitrogens with zero attached hydrogens (tertiary/aromatic N) is 1. The van der Waals surface area contributed by atoms with Gasteiger partial charge in [-0.2, -0.15) is 0 Å². The van der Waals surface area contributed by atoms with Crippen LogP contribution in [0.5, 0.6) is 0 Å². The molecule has 28 heavy (non-hydrogen) atoms. The van der Waals surface area contributed by atoms with Crippen LogP contribution in [0.25, 0.3) is 22.4 Å². The first-order valence-corrected chi connectivity index (χ1v) is 10.1. The van der Waals surface area contributed by atoms with Gasteiger partial charge in [-0.05, 0) is 78.7 Å². The normalized spacial score (nSPS) is 25.0. The third kappa shape index (κ3) is 2.89. The molecule has 1 aromatic heterocycles. The fourth-order valence-electron chi connectivity index (χ4n) is 4.72. The van der Waals surface area contributed by atoms with Gasteiger partial charge < -0.3 is 0 Å². The summed E-state index contributed by atoms with van der Waals surface area (Å²) in [5.74, 6) is 0. The number of fused-ring (bicyclic) bond motifs is 1. The van der Waals surface area contributed by atoms with Crippen LogP contribution in [0.2, 0.25) is 0 Å². The van der Waals surface area contributed by atoms with E-state index in [9.17, 15) is 0 Å². The molecule has 0 radical (unpaired) electrons. The fraction of sp³-hybridized carbons (Fsp3) is 0.370. The number of aromatic nitrogens is 1. The van der Waals surface area contributed by atoms with Crippen molar-refractivity contribution in [3.63, 3.8) is 0 Å². The van der Waals surface area contributed by atoms with Crippen molar-refractivity contribution in [2.75, 3.05) is 0 Å². The number of hydrogen-bond donors (Lipinski definition) is 0. The predicted octanol–water partition coefficient (Wildman–Crippen LogP) is 6.12. The number of rotatable bonds is 2. The Kier molecular flexibility index (Phi) is 2.72. The maximum Gasteiger partial charge on any atom is 0.213 e. The van der Waals surface area contributed by atoms with Gasteiger partial charge in [-0.1, -0.05) is 49.2 Å². The van der Waals surface area contributed by atoms with E-state index in [4.69, 9.17) is 9.60 Å². The van der Waals surface area contributed by atoms with E-state index in [1.54, 1.807) is 24.4 Å². The monoisotopic (exact) mass is 375 g/mol.